The molecule has 3 amide bonds. The lowest BCUT2D eigenvalue weighted by molar-refractivity contribution is -0.160. The van der Waals surface area contributed by atoms with Crippen molar-refractivity contribution in [2.75, 3.05) is 13.1 Å². The number of carbonyl (C=O) groups is 3. The summed E-state index contributed by atoms with van der Waals surface area (Å²) < 4.78 is 6.64. The second-order valence-electron chi connectivity index (χ2n) is 11.6. The van der Waals surface area contributed by atoms with E-state index in [1.807, 2.05) is 18.2 Å². The van der Waals surface area contributed by atoms with E-state index in [0.717, 1.165) is 37.2 Å². The SMILES string of the molecule is O=C1NC(=O)C2(N3Cc4cc(O[C@@H]5CCCC[C@H]5N5CC[C@@H](c6ccccc6)C5)ccc4C3=O)CC1C2. The minimum atomic E-state index is -0.880. The molecule has 0 unspecified atom stereocenters. The third-order valence-electron chi connectivity index (χ3n) is 9.51. The van der Waals surface area contributed by atoms with Crippen LogP contribution in [0.5, 0.6) is 5.75 Å². The number of amides is 3. The fourth-order valence-corrected chi connectivity index (χ4v) is 7.41. The molecule has 7 heteroatoms. The molecule has 3 atom stereocenters. The average molecular weight is 500 g/mol. The smallest absolute Gasteiger partial charge is 0.255 e. The Morgan fingerprint density at radius 3 is 2.54 bits per heavy atom. The maximum atomic E-state index is 13.2. The topological polar surface area (TPSA) is 79.0 Å². The number of nitrogens with zero attached hydrogens (tertiary/aromatic N) is 2. The van der Waals surface area contributed by atoms with Crippen LogP contribution in [0.1, 0.15) is 72.3 Å². The van der Waals surface area contributed by atoms with Crippen LogP contribution in [0, 0.1) is 5.92 Å². The lowest BCUT2D eigenvalue weighted by Crippen LogP contribution is -2.73. The normalized spacial score (nSPS) is 33.2. The van der Waals surface area contributed by atoms with E-state index in [0.29, 0.717) is 36.9 Å². The Kier molecular flexibility index (Phi) is 5.39. The molecule has 192 valence electrons. The Morgan fingerprint density at radius 1 is 0.919 bits per heavy atom. The fraction of sp³-hybridized carbons (Fsp3) is 0.500. The highest BCUT2D eigenvalue weighted by atomic mass is 16.5. The van der Waals surface area contributed by atoms with Crippen LogP contribution in [0.2, 0.25) is 0 Å². The molecular weight excluding hydrogens is 466 g/mol. The molecule has 2 aliphatic carbocycles. The lowest BCUT2D eigenvalue weighted by Gasteiger charge is -2.53. The highest BCUT2D eigenvalue weighted by molar-refractivity contribution is 6.10. The van der Waals surface area contributed by atoms with Crippen molar-refractivity contribution in [1.82, 2.24) is 15.1 Å². The minimum absolute atomic E-state index is 0.121. The van der Waals surface area contributed by atoms with Gasteiger partial charge in [0.05, 0.1) is 0 Å². The first kappa shape index (κ1) is 23.0. The number of nitrogens with one attached hydrogen (secondary N) is 1. The van der Waals surface area contributed by atoms with E-state index in [9.17, 15) is 14.4 Å². The van der Waals surface area contributed by atoms with Crippen molar-refractivity contribution in [2.24, 2.45) is 5.92 Å². The Labute approximate surface area is 217 Å². The number of rotatable bonds is 5. The van der Waals surface area contributed by atoms with Gasteiger partial charge in [-0.15, -0.1) is 0 Å². The summed E-state index contributed by atoms with van der Waals surface area (Å²) in [5.74, 6) is 0.561. The Hall–Kier alpha value is -3.19. The average Bonchev–Trinajstić information content (AvgIpc) is 3.50. The molecule has 2 bridgehead atoms. The second-order valence-corrected chi connectivity index (χ2v) is 11.6. The predicted molar refractivity (Wildman–Crippen MR) is 137 cm³/mol. The molecule has 0 spiro atoms. The van der Waals surface area contributed by atoms with Crippen LogP contribution >= 0.6 is 0 Å². The van der Waals surface area contributed by atoms with Gasteiger partial charge in [-0.25, -0.2) is 0 Å². The first-order valence-electron chi connectivity index (χ1n) is 13.8. The molecule has 3 saturated heterocycles. The van der Waals surface area contributed by atoms with Gasteiger partial charge in [0.2, 0.25) is 5.91 Å². The van der Waals surface area contributed by atoms with Gasteiger partial charge in [0.15, 0.2) is 0 Å². The van der Waals surface area contributed by atoms with E-state index in [1.54, 1.807) is 4.90 Å². The fourth-order valence-electron chi connectivity index (χ4n) is 7.41. The number of hydrogen-bond acceptors (Lipinski definition) is 5. The van der Waals surface area contributed by atoms with Crippen LogP contribution in [-0.4, -0.2) is 58.3 Å². The molecule has 8 rings (SSSR count). The van der Waals surface area contributed by atoms with Crippen molar-refractivity contribution in [3.63, 3.8) is 0 Å². The maximum absolute atomic E-state index is 13.2. The molecule has 2 aromatic rings. The highest BCUT2D eigenvalue weighted by Crippen LogP contribution is 2.49. The van der Waals surface area contributed by atoms with E-state index < -0.39 is 5.54 Å². The van der Waals surface area contributed by atoms with E-state index in [4.69, 9.17) is 4.74 Å². The maximum Gasteiger partial charge on any atom is 0.255 e. The molecule has 7 nitrogen and oxygen atoms in total. The van der Waals surface area contributed by atoms with Crippen molar-refractivity contribution < 1.29 is 19.1 Å². The van der Waals surface area contributed by atoms with Gasteiger partial charge in [0.1, 0.15) is 17.4 Å². The second kappa shape index (κ2) is 8.69. The van der Waals surface area contributed by atoms with Crippen molar-refractivity contribution in [1.29, 1.82) is 0 Å². The zero-order chi connectivity index (χ0) is 25.1. The van der Waals surface area contributed by atoms with Gasteiger partial charge in [-0.3, -0.25) is 24.6 Å². The summed E-state index contributed by atoms with van der Waals surface area (Å²) in [5.41, 5.74) is 2.09. The standard InChI is InChI=1S/C30H33N3O4/c34-27-22-15-30(16-22,29(36)31-27)33-18-21-14-23(10-11-24(21)28(33)35)37-26-9-5-4-8-25(26)32-13-12-20(17-32)19-6-2-1-3-7-19/h1-3,6-7,10-11,14,20,22,25-26H,4-5,8-9,12-13,15-18H2,(H,31,34,36)/t20-,22?,25-,26-,30?/m1/s1. The van der Waals surface area contributed by atoms with Gasteiger partial charge in [0, 0.05) is 30.6 Å². The Balaban J connectivity index is 1.06. The first-order valence-corrected chi connectivity index (χ1v) is 13.8. The number of carbonyl (C=O) groups excluding carboxylic acids is 3. The largest absolute Gasteiger partial charge is 0.489 e. The lowest BCUT2D eigenvalue weighted by atomic mass is 9.63. The molecule has 0 radical (unpaired) electrons. The summed E-state index contributed by atoms with van der Waals surface area (Å²) in [5, 5.41) is 2.45. The van der Waals surface area contributed by atoms with Gasteiger partial charge in [-0.1, -0.05) is 36.8 Å². The van der Waals surface area contributed by atoms with Gasteiger partial charge in [-0.05, 0) is 80.3 Å². The van der Waals surface area contributed by atoms with E-state index in [2.05, 4.69) is 40.5 Å². The summed E-state index contributed by atoms with van der Waals surface area (Å²) in [6.07, 6.45) is 6.79. The Morgan fingerprint density at radius 2 is 1.73 bits per heavy atom. The molecule has 2 saturated carbocycles. The van der Waals surface area contributed by atoms with Crippen LogP contribution in [0.4, 0.5) is 0 Å². The number of imide groups is 1. The van der Waals surface area contributed by atoms with Crippen LogP contribution < -0.4 is 10.1 Å². The van der Waals surface area contributed by atoms with Crippen LogP contribution in [0.15, 0.2) is 48.5 Å². The number of fused-ring (bicyclic) bond motifs is 3. The zero-order valence-corrected chi connectivity index (χ0v) is 21.0. The molecule has 0 aromatic heterocycles. The van der Waals surface area contributed by atoms with Crippen molar-refractivity contribution in [2.45, 2.75) is 75.1 Å². The molecule has 5 fully saturated rings. The summed E-state index contributed by atoms with van der Waals surface area (Å²) in [6, 6.07) is 17.0. The number of benzene rings is 2. The van der Waals surface area contributed by atoms with Crippen LogP contribution in [0.25, 0.3) is 0 Å². The minimum Gasteiger partial charge on any atom is -0.489 e. The monoisotopic (exact) mass is 499 g/mol. The van der Waals surface area contributed by atoms with Crippen LogP contribution in [-0.2, 0) is 16.1 Å². The Bertz CT molecular complexity index is 1250. The summed E-state index contributed by atoms with van der Waals surface area (Å²) in [7, 11) is 0. The quantitative estimate of drug-likeness (QED) is 0.636. The van der Waals surface area contributed by atoms with Crippen molar-refractivity contribution >= 4 is 17.7 Å². The highest BCUT2D eigenvalue weighted by Gasteiger charge is 2.63. The summed E-state index contributed by atoms with van der Waals surface area (Å²) in [4.78, 5) is 42.1. The molecular formula is C30H33N3O4. The van der Waals surface area contributed by atoms with Gasteiger partial charge in [-0.2, -0.15) is 0 Å². The third kappa shape index (κ3) is 3.69. The molecule has 4 heterocycles. The van der Waals surface area contributed by atoms with E-state index >= 15 is 0 Å². The number of likely N-dealkylation sites (tertiary alicyclic amines) is 1. The van der Waals surface area contributed by atoms with Gasteiger partial charge >= 0.3 is 0 Å². The van der Waals surface area contributed by atoms with E-state index in [1.165, 1.54) is 24.8 Å². The van der Waals surface area contributed by atoms with Crippen molar-refractivity contribution in [3.05, 3.63) is 65.2 Å². The molecule has 2 aromatic carbocycles. The summed E-state index contributed by atoms with van der Waals surface area (Å²) >= 11 is 0. The molecule has 37 heavy (non-hydrogen) atoms. The molecule has 6 aliphatic rings. The predicted octanol–water partition coefficient (Wildman–Crippen LogP) is 3.63. The van der Waals surface area contributed by atoms with E-state index in [-0.39, 0.29) is 29.7 Å². The molecule has 1 N–H and O–H groups in total. The third-order valence-corrected chi connectivity index (χ3v) is 9.51. The van der Waals surface area contributed by atoms with Crippen molar-refractivity contribution in [3.8, 4) is 5.75 Å². The summed E-state index contributed by atoms with van der Waals surface area (Å²) in [6.45, 7) is 2.57. The molecule has 4 aliphatic heterocycles. The number of piperidine rings is 2. The van der Waals surface area contributed by atoms with Gasteiger partial charge < -0.3 is 9.64 Å². The van der Waals surface area contributed by atoms with Gasteiger partial charge in [0.25, 0.3) is 11.8 Å². The number of ether oxygens (including phenoxy) is 1. The first-order chi connectivity index (χ1) is 18.0. The zero-order valence-electron chi connectivity index (χ0n) is 21.0. The number of hydrogen-bond donors (Lipinski definition) is 1. The van der Waals surface area contributed by atoms with Crippen LogP contribution in [0.3, 0.4) is 0 Å².